The SMILES string of the molecule is Cc1nc(NS(C)(=O)=O)ccc1-c1ccc(C(=O)N2CCc3cc(F)c(N4C[C@@H](C)N[C@@H](C)C4)cc32)cc1. The Hall–Kier alpha value is -3.50. The zero-order valence-corrected chi connectivity index (χ0v) is 22.8. The summed E-state index contributed by atoms with van der Waals surface area (Å²) >= 11 is 0. The zero-order valence-electron chi connectivity index (χ0n) is 22.0. The highest BCUT2D eigenvalue weighted by molar-refractivity contribution is 7.92. The van der Waals surface area contributed by atoms with E-state index in [1.807, 2.05) is 18.2 Å². The van der Waals surface area contributed by atoms with Gasteiger partial charge in [0.1, 0.15) is 11.6 Å². The quantitative estimate of drug-likeness (QED) is 0.512. The predicted octanol–water partition coefficient (Wildman–Crippen LogP) is 3.96. The molecular formula is C28H32FN5O3S. The second kappa shape index (κ2) is 9.99. The van der Waals surface area contributed by atoms with Crippen LogP contribution in [0.15, 0.2) is 48.5 Å². The van der Waals surface area contributed by atoms with Crippen LogP contribution >= 0.6 is 0 Å². The lowest BCUT2D eigenvalue weighted by molar-refractivity contribution is 0.0989. The minimum atomic E-state index is -3.41. The molecule has 8 nitrogen and oxygen atoms in total. The van der Waals surface area contributed by atoms with Crippen LogP contribution in [0.25, 0.3) is 11.1 Å². The minimum absolute atomic E-state index is 0.127. The van der Waals surface area contributed by atoms with Gasteiger partial charge in [0.05, 0.1) is 11.9 Å². The van der Waals surface area contributed by atoms with E-state index >= 15 is 4.39 Å². The van der Waals surface area contributed by atoms with Crippen LogP contribution in [0.1, 0.15) is 35.5 Å². The van der Waals surface area contributed by atoms with Crippen LogP contribution < -0.4 is 19.8 Å². The van der Waals surface area contributed by atoms with Gasteiger partial charge in [-0.05, 0) is 74.7 Å². The van der Waals surface area contributed by atoms with Gasteiger partial charge in [-0.15, -0.1) is 0 Å². The molecule has 200 valence electrons. The maximum atomic E-state index is 15.1. The molecule has 1 fully saturated rings. The summed E-state index contributed by atoms with van der Waals surface area (Å²) < 4.78 is 40.4. The number of pyridine rings is 1. The van der Waals surface area contributed by atoms with Crippen molar-refractivity contribution >= 4 is 33.1 Å². The Morgan fingerprint density at radius 3 is 2.37 bits per heavy atom. The van der Waals surface area contributed by atoms with Crippen molar-refractivity contribution in [1.29, 1.82) is 0 Å². The van der Waals surface area contributed by atoms with Gasteiger partial charge < -0.3 is 15.1 Å². The number of halogens is 1. The third-order valence-electron chi connectivity index (χ3n) is 7.01. The van der Waals surface area contributed by atoms with E-state index in [4.69, 9.17) is 0 Å². The highest BCUT2D eigenvalue weighted by Crippen LogP contribution is 2.36. The van der Waals surface area contributed by atoms with Gasteiger partial charge >= 0.3 is 0 Å². The number of benzene rings is 2. The standard InChI is InChI=1S/C28H32FN5O3S/c1-17-15-33(16-18(2)30-17)26-14-25-22(13-24(26)29)11-12-34(25)28(35)21-7-5-20(6-8-21)23-9-10-27(31-19(23)3)32-38(4,36)37/h5-10,13-14,17-18,30H,11-12,15-16H2,1-4H3,(H,31,32)/t17-,18+. The molecule has 2 N–H and O–H groups in total. The number of nitrogens with one attached hydrogen (secondary N) is 2. The Bertz CT molecular complexity index is 1480. The fourth-order valence-corrected chi connectivity index (χ4v) is 5.93. The number of amides is 1. The number of aromatic nitrogens is 1. The third-order valence-corrected chi connectivity index (χ3v) is 7.59. The lowest BCUT2D eigenvalue weighted by Crippen LogP contribution is -2.54. The number of piperazine rings is 1. The second-order valence-electron chi connectivity index (χ2n) is 10.3. The summed E-state index contributed by atoms with van der Waals surface area (Å²) in [6.45, 7) is 7.90. The van der Waals surface area contributed by atoms with Crippen LogP contribution in [0.5, 0.6) is 0 Å². The molecule has 0 spiro atoms. The highest BCUT2D eigenvalue weighted by atomic mass is 32.2. The molecule has 1 saturated heterocycles. The van der Waals surface area contributed by atoms with E-state index < -0.39 is 10.0 Å². The number of fused-ring (bicyclic) bond motifs is 1. The first-order chi connectivity index (χ1) is 18.0. The van der Waals surface area contributed by atoms with Crippen molar-refractivity contribution in [2.45, 2.75) is 39.3 Å². The molecule has 2 atom stereocenters. The number of nitrogens with zero attached hydrogens (tertiary/aromatic N) is 3. The number of hydrogen-bond donors (Lipinski definition) is 2. The lowest BCUT2D eigenvalue weighted by atomic mass is 10.0. The number of hydrogen-bond acceptors (Lipinski definition) is 6. The summed E-state index contributed by atoms with van der Waals surface area (Å²) in [7, 11) is -3.41. The van der Waals surface area contributed by atoms with Crippen LogP contribution in [-0.4, -0.2) is 57.3 Å². The predicted molar refractivity (Wildman–Crippen MR) is 149 cm³/mol. The fourth-order valence-electron chi connectivity index (χ4n) is 5.43. The lowest BCUT2D eigenvalue weighted by Gasteiger charge is -2.38. The molecule has 2 aromatic carbocycles. The number of aryl methyl sites for hydroxylation is 1. The molecule has 3 heterocycles. The Labute approximate surface area is 222 Å². The maximum absolute atomic E-state index is 15.1. The van der Waals surface area contributed by atoms with Crippen molar-refractivity contribution < 1.29 is 17.6 Å². The van der Waals surface area contributed by atoms with Gasteiger partial charge in [0.25, 0.3) is 5.91 Å². The van der Waals surface area contributed by atoms with Crippen LogP contribution in [0.4, 0.5) is 21.6 Å². The van der Waals surface area contributed by atoms with E-state index in [1.165, 1.54) is 0 Å². The van der Waals surface area contributed by atoms with Crippen molar-refractivity contribution in [1.82, 2.24) is 10.3 Å². The van der Waals surface area contributed by atoms with Gasteiger partial charge in [0.15, 0.2) is 0 Å². The minimum Gasteiger partial charge on any atom is -0.366 e. The first-order valence-electron chi connectivity index (χ1n) is 12.7. The molecule has 1 amide bonds. The largest absolute Gasteiger partial charge is 0.366 e. The van der Waals surface area contributed by atoms with Gasteiger partial charge in [-0.1, -0.05) is 12.1 Å². The first-order valence-corrected chi connectivity index (χ1v) is 14.6. The van der Waals surface area contributed by atoms with E-state index in [0.717, 1.165) is 28.6 Å². The molecule has 1 aromatic heterocycles. The average molecular weight is 538 g/mol. The van der Waals surface area contributed by atoms with E-state index in [1.54, 1.807) is 42.2 Å². The summed E-state index contributed by atoms with van der Waals surface area (Å²) in [5.74, 6) is -0.114. The van der Waals surface area contributed by atoms with Crippen molar-refractivity contribution in [3.63, 3.8) is 0 Å². The van der Waals surface area contributed by atoms with Crippen LogP contribution in [0.3, 0.4) is 0 Å². The smallest absolute Gasteiger partial charge is 0.258 e. The summed E-state index contributed by atoms with van der Waals surface area (Å²) in [5.41, 5.74) is 5.06. The highest BCUT2D eigenvalue weighted by Gasteiger charge is 2.30. The Morgan fingerprint density at radius 1 is 1.05 bits per heavy atom. The van der Waals surface area contributed by atoms with Crippen LogP contribution in [0.2, 0.25) is 0 Å². The molecule has 0 unspecified atom stereocenters. The summed E-state index contributed by atoms with van der Waals surface area (Å²) in [4.78, 5) is 21.6. The third kappa shape index (κ3) is 5.37. The number of carbonyl (C=O) groups excluding carboxylic acids is 1. The van der Waals surface area contributed by atoms with Gasteiger partial charge in [-0.2, -0.15) is 0 Å². The average Bonchev–Trinajstić information content (AvgIpc) is 3.24. The molecule has 2 aliphatic heterocycles. The molecular weight excluding hydrogens is 505 g/mol. The molecule has 0 bridgehead atoms. The summed E-state index contributed by atoms with van der Waals surface area (Å²) in [6.07, 6.45) is 1.69. The monoisotopic (exact) mass is 537 g/mol. The topological polar surface area (TPSA) is 94.6 Å². The number of sulfonamides is 1. The molecule has 38 heavy (non-hydrogen) atoms. The molecule has 0 saturated carbocycles. The number of rotatable bonds is 5. The fraction of sp³-hybridized carbons (Fsp3) is 0.357. The molecule has 10 heteroatoms. The second-order valence-corrected chi connectivity index (χ2v) is 12.0. The molecule has 0 radical (unpaired) electrons. The van der Waals surface area contributed by atoms with E-state index in [0.29, 0.717) is 43.0 Å². The van der Waals surface area contributed by atoms with Gasteiger partial charge in [0.2, 0.25) is 10.0 Å². The van der Waals surface area contributed by atoms with Crippen molar-refractivity contribution in [3.8, 4) is 11.1 Å². The number of carbonyl (C=O) groups is 1. The van der Waals surface area contributed by atoms with Crippen molar-refractivity contribution in [3.05, 3.63) is 71.2 Å². The molecule has 5 rings (SSSR count). The normalized spacial score (nSPS) is 19.4. The Balaban J connectivity index is 1.37. The maximum Gasteiger partial charge on any atom is 0.258 e. The molecule has 3 aromatic rings. The summed E-state index contributed by atoms with van der Waals surface area (Å²) in [5, 5.41) is 3.47. The Morgan fingerprint density at radius 2 is 1.74 bits per heavy atom. The van der Waals surface area contributed by atoms with Gasteiger partial charge in [-0.3, -0.25) is 9.52 Å². The van der Waals surface area contributed by atoms with Crippen molar-refractivity contribution in [2.24, 2.45) is 0 Å². The van der Waals surface area contributed by atoms with Gasteiger partial charge in [-0.25, -0.2) is 17.8 Å². The summed E-state index contributed by atoms with van der Waals surface area (Å²) in [6, 6.07) is 14.6. The van der Waals surface area contributed by atoms with Crippen LogP contribution in [0, 0.1) is 12.7 Å². The number of anilines is 3. The van der Waals surface area contributed by atoms with Gasteiger partial charge in [0, 0.05) is 54.2 Å². The van der Waals surface area contributed by atoms with Crippen molar-refractivity contribution in [2.75, 3.05) is 40.4 Å². The molecule has 0 aliphatic carbocycles. The molecule has 2 aliphatic rings. The zero-order chi connectivity index (χ0) is 27.2. The van der Waals surface area contributed by atoms with E-state index in [-0.39, 0.29) is 29.6 Å². The van der Waals surface area contributed by atoms with E-state index in [9.17, 15) is 13.2 Å². The van der Waals surface area contributed by atoms with E-state index in [2.05, 4.69) is 33.8 Å². The van der Waals surface area contributed by atoms with Crippen LogP contribution in [-0.2, 0) is 16.4 Å². The Kier molecular flexibility index (Phi) is 6.87. The first kappa shape index (κ1) is 26.1.